The minimum Gasteiger partial charge on any atom is -0.419 e. The number of cyclic esters (lactones) is 2. The van der Waals surface area contributed by atoms with Gasteiger partial charge in [0.25, 0.3) is 5.79 Å². The van der Waals surface area contributed by atoms with Gasteiger partial charge in [-0.1, -0.05) is 30.3 Å². The Hall–Kier alpha value is -2.82. The van der Waals surface area contributed by atoms with E-state index >= 15 is 0 Å². The molecule has 0 atom stereocenters. The van der Waals surface area contributed by atoms with Crippen LogP contribution in [-0.2, 0) is 19.1 Å². The van der Waals surface area contributed by atoms with E-state index in [-0.39, 0.29) is 5.57 Å². The number of H-pyrrole nitrogens is 1. The van der Waals surface area contributed by atoms with Crippen LogP contribution in [-0.4, -0.2) is 22.7 Å². The highest BCUT2D eigenvalue weighted by Gasteiger charge is 2.38. The fourth-order valence-corrected chi connectivity index (χ4v) is 2.22. The highest BCUT2D eigenvalue weighted by Crippen LogP contribution is 2.25. The predicted molar refractivity (Wildman–Crippen MR) is 80.5 cm³/mol. The van der Waals surface area contributed by atoms with Crippen LogP contribution in [0.2, 0.25) is 0 Å². The normalized spacial score (nSPS) is 16.9. The number of nitrogens with one attached hydrogen (secondary N) is 1. The molecule has 2 heterocycles. The molecule has 0 unspecified atom stereocenters. The van der Waals surface area contributed by atoms with Gasteiger partial charge in [-0.2, -0.15) is 0 Å². The van der Waals surface area contributed by atoms with Gasteiger partial charge < -0.3 is 14.5 Å². The first-order chi connectivity index (χ1) is 10.4. The highest BCUT2D eigenvalue weighted by atomic mass is 16.7. The maximum Gasteiger partial charge on any atom is 0.348 e. The SMILES string of the molecule is CC1(C)OC(=O)C(=Cc2ccc(-c3ccccc3)[nH]2)C(=O)O1. The van der Waals surface area contributed by atoms with Crippen molar-refractivity contribution >= 4 is 18.0 Å². The Morgan fingerprint density at radius 1 is 0.955 bits per heavy atom. The number of hydrogen-bond acceptors (Lipinski definition) is 4. The lowest BCUT2D eigenvalue weighted by atomic mass is 10.2. The van der Waals surface area contributed by atoms with Gasteiger partial charge in [0.1, 0.15) is 5.57 Å². The Bertz CT molecular complexity index is 734. The molecule has 1 fully saturated rings. The fourth-order valence-electron chi connectivity index (χ4n) is 2.22. The Labute approximate surface area is 127 Å². The third-order valence-electron chi connectivity index (χ3n) is 3.21. The second-order valence-corrected chi connectivity index (χ2v) is 5.43. The van der Waals surface area contributed by atoms with Gasteiger partial charge in [0.15, 0.2) is 0 Å². The number of carbonyl (C=O) groups is 2. The van der Waals surface area contributed by atoms with Crippen LogP contribution < -0.4 is 0 Å². The number of ether oxygens (including phenoxy) is 2. The summed E-state index contributed by atoms with van der Waals surface area (Å²) in [6, 6.07) is 13.4. The number of esters is 2. The van der Waals surface area contributed by atoms with Gasteiger partial charge >= 0.3 is 11.9 Å². The Balaban J connectivity index is 1.88. The van der Waals surface area contributed by atoms with Crippen molar-refractivity contribution in [2.75, 3.05) is 0 Å². The van der Waals surface area contributed by atoms with E-state index in [9.17, 15) is 9.59 Å². The van der Waals surface area contributed by atoms with E-state index in [2.05, 4.69) is 4.98 Å². The lowest BCUT2D eigenvalue weighted by molar-refractivity contribution is -0.222. The molecule has 1 aliphatic heterocycles. The van der Waals surface area contributed by atoms with Gasteiger partial charge in [-0.25, -0.2) is 9.59 Å². The molecule has 0 bridgehead atoms. The van der Waals surface area contributed by atoms with Gasteiger partial charge in [-0.3, -0.25) is 0 Å². The molecule has 0 aliphatic carbocycles. The van der Waals surface area contributed by atoms with Gasteiger partial charge in [-0.05, 0) is 23.8 Å². The lowest BCUT2D eigenvalue weighted by Gasteiger charge is -2.29. The molecule has 1 saturated heterocycles. The van der Waals surface area contributed by atoms with E-state index in [1.807, 2.05) is 36.4 Å². The first-order valence-corrected chi connectivity index (χ1v) is 6.87. The predicted octanol–water partition coefficient (Wildman–Crippen LogP) is 2.90. The van der Waals surface area contributed by atoms with Gasteiger partial charge in [-0.15, -0.1) is 0 Å². The Kier molecular flexibility index (Phi) is 3.33. The van der Waals surface area contributed by atoms with Crippen molar-refractivity contribution in [1.29, 1.82) is 0 Å². The number of aromatic nitrogens is 1. The van der Waals surface area contributed by atoms with Crippen LogP contribution in [0.5, 0.6) is 0 Å². The van der Waals surface area contributed by atoms with E-state index in [1.54, 1.807) is 6.07 Å². The zero-order valence-electron chi connectivity index (χ0n) is 12.3. The minimum absolute atomic E-state index is 0.124. The molecule has 0 amide bonds. The first kappa shape index (κ1) is 14.1. The number of rotatable bonds is 2. The number of hydrogen-bond donors (Lipinski definition) is 1. The molecule has 1 aromatic heterocycles. The van der Waals surface area contributed by atoms with Crippen LogP contribution in [0, 0.1) is 0 Å². The average molecular weight is 297 g/mol. The standard InChI is InChI=1S/C17H15NO4/c1-17(2)21-15(19)13(16(20)22-17)10-12-8-9-14(18-12)11-6-4-3-5-7-11/h3-10,18H,1-2H3. The van der Waals surface area contributed by atoms with Crippen molar-refractivity contribution in [3.8, 4) is 11.3 Å². The van der Waals surface area contributed by atoms with Crippen molar-refractivity contribution in [2.45, 2.75) is 19.6 Å². The lowest BCUT2D eigenvalue weighted by Crippen LogP contribution is -2.41. The van der Waals surface area contributed by atoms with Crippen LogP contribution in [0.25, 0.3) is 17.3 Å². The molecule has 5 nitrogen and oxygen atoms in total. The monoisotopic (exact) mass is 297 g/mol. The summed E-state index contributed by atoms with van der Waals surface area (Å²) in [6.07, 6.45) is 1.44. The van der Waals surface area contributed by atoms with E-state index in [1.165, 1.54) is 19.9 Å². The summed E-state index contributed by atoms with van der Waals surface area (Å²) in [4.78, 5) is 26.9. The van der Waals surface area contributed by atoms with Crippen molar-refractivity contribution in [3.63, 3.8) is 0 Å². The number of aromatic amines is 1. The van der Waals surface area contributed by atoms with Crippen LogP contribution in [0.3, 0.4) is 0 Å². The summed E-state index contributed by atoms with van der Waals surface area (Å²) in [5.74, 6) is -2.59. The number of benzene rings is 1. The molecule has 3 rings (SSSR count). The van der Waals surface area contributed by atoms with E-state index in [4.69, 9.17) is 9.47 Å². The molecule has 1 N–H and O–H groups in total. The smallest absolute Gasteiger partial charge is 0.348 e. The maximum atomic E-state index is 11.9. The molecule has 0 radical (unpaired) electrons. The van der Waals surface area contributed by atoms with Gasteiger partial charge in [0, 0.05) is 25.2 Å². The van der Waals surface area contributed by atoms with Crippen LogP contribution >= 0.6 is 0 Å². The summed E-state index contributed by atoms with van der Waals surface area (Å²) in [7, 11) is 0. The Morgan fingerprint density at radius 3 is 2.23 bits per heavy atom. The second-order valence-electron chi connectivity index (χ2n) is 5.43. The third-order valence-corrected chi connectivity index (χ3v) is 3.21. The highest BCUT2D eigenvalue weighted by molar-refractivity contribution is 6.18. The summed E-state index contributed by atoms with van der Waals surface area (Å²) in [6.45, 7) is 3.03. The Morgan fingerprint density at radius 2 is 1.59 bits per heavy atom. The van der Waals surface area contributed by atoms with Gasteiger partial charge in [0.2, 0.25) is 0 Å². The molecular weight excluding hydrogens is 282 g/mol. The van der Waals surface area contributed by atoms with Crippen molar-refractivity contribution in [2.24, 2.45) is 0 Å². The van der Waals surface area contributed by atoms with Gasteiger partial charge in [0.05, 0.1) is 0 Å². The molecule has 22 heavy (non-hydrogen) atoms. The first-order valence-electron chi connectivity index (χ1n) is 6.87. The van der Waals surface area contributed by atoms with E-state index < -0.39 is 17.7 Å². The second kappa shape index (κ2) is 5.18. The summed E-state index contributed by atoms with van der Waals surface area (Å²) >= 11 is 0. The quantitative estimate of drug-likeness (QED) is 0.526. The zero-order chi connectivity index (χ0) is 15.7. The third kappa shape index (κ3) is 2.79. The summed E-state index contributed by atoms with van der Waals surface area (Å²) < 4.78 is 10.1. The molecule has 112 valence electrons. The van der Waals surface area contributed by atoms with Crippen LogP contribution in [0.4, 0.5) is 0 Å². The average Bonchev–Trinajstić information content (AvgIpc) is 2.91. The molecule has 1 aromatic carbocycles. The van der Waals surface area contributed by atoms with E-state index in [0.717, 1.165) is 11.3 Å². The zero-order valence-corrected chi connectivity index (χ0v) is 12.3. The molecule has 0 saturated carbocycles. The molecule has 1 aliphatic rings. The molecular formula is C17H15NO4. The summed E-state index contributed by atoms with van der Waals surface area (Å²) in [5.41, 5.74) is 2.41. The maximum absolute atomic E-state index is 11.9. The summed E-state index contributed by atoms with van der Waals surface area (Å²) in [5, 5.41) is 0. The van der Waals surface area contributed by atoms with Crippen molar-refractivity contribution in [3.05, 3.63) is 53.7 Å². The molecule has 0 spiro atoms. The molecule has 5 heteroatoms. The van der Waals surface area contributed by atoms with Crippen molar-refractivity contribution in [1.82, 2.24) is 4.98 Å². The minimum atomic E-state index is -1.23. The van der Waals surface area contributed by atoms with Crippen molar-refractivity contribution < 1.29 is 19.1 Å². The van der Waals surface area contributed by atoms with E-state index in [0.29, 0.717) is 5.69 Å². The molecule has 2 aromatic rings. The topological polar surface area (TPSA) is 68.4 Å². The number of carbonyl (C=O) groups excluding carboxylic acids is 2. The fraction of sp³-hybridized carbons (Fsp3) is 0.176. The largest absolute Gasteiger partial charge is 0.419 e. The van der Waals surface area contributed by atoms with Crippen LogP contribution in [0.1, 0.15) is 19.5 Å². The van der Waals surface area contributed by atoms with Crippen LogP contribution in [0.15, 0.2) is 48.0 Å².